The van der Waals surface area contributed by atoms with Crippen molar-refractivity contribution in [2.75, 3.05) is 33.3 Å². The van der Waals surface area contributed by atoms with Crippen LogP contribution in [-0.2, 0) is 6.54 Å². The Kier molecular flexibility index (Phi) is 6.50. The summed E-state index contributed by atoms with van der Waals surface area (Å²) in [5.41, 5.74) is 2.67. The fourth-order valence-electron chi connectivity index (χ4n) is 4.24. The number of hydrogen-bond donors (Lipinski definition) is 0. The minimum absolute atomic E-state index is 0.149. The Balaban J connectivity index is 1.24. The topological polar surface area (TPSA) is 72.2 Å². The van der Waals surface area contributed by atoms with E-state index in [1.807, 2.05) is 30.3 Å². The van der Waals surface area contributed by atoms with E-state index in [0.29, 0.717) is 41.1 Å². The lowest BCUT2D eigenvalue weighted by molar-refractivity contribution is 0.108. The molecule has 0 saturated carbocycles. The Hall–Kier alpha value is -4.10. The fourth-order valence-corrected chi connectivity index (χ4v) is 4.24. The van der Waals surface area contributed by atoms with Crippen molar-refractivity contribution in [3.8, 4) is 22.6 Å². The Bertz CT molecular complexity index is 1370. The van der Waals surface area contributed by atoms with Crippen molar-refractivity contribution in [2.24, 2.45) is 0 Å². The quantitative estimate of drug-likeness (QED) is 0.418. The van der Waals surface area contributed by atoms with Gasteiger partial charge in [0.05, 0.1) is 18.1 Å². The summed E-state index contributed by atoms with van der Waals surface area (Å²) in [4.78, 5) is 29.8. The van der Waals surface area contributed by atoms with Gasteiger partial charge in [0.2, 0.25) is 0 Å². The van der Waals surface area contributed by atoms with Gasteiger partial charge in [0, 0.05) is 38.8 Å². The molecule has 5 rings (SSSR count). The number of ether oxygens (including phenoxy) is 2. The third kappa shape index (κ3) is 5.05. The largest absolute Gasteiger partial charge is 0.497 e. The van der Waals surface area contributed by atoms with Crippen LogP contribution in [0.25, 0.3) is 22.1 Å². The van der Waals surface area contributed by atoms with Crippen molar-refractivity contribution < 1.29 is 18.7 Å². The number of hydrogen-bond acceptors (Lipinski definition) is 6. The van der Waals surface area contributed by atoms with Gasteiger partial charge >= 0.3 is 6.09 Å². The molecule has 1 fully saturated rings. The Morgan fingerprint density at radius 3 is 2.34 bits per heavy atom. The molecule has 35 heavy (non-hydrogen) atoms. The van der Waals surface area contributed by atoms with Gasteiger partial charge in [-0.3, -0.25) is 9.69 Å². The van der Waals surface area contributed by atoms with Crippen LogP contribution in [0.4, 0.5) is 4.79 Å². The molecule has 0 bridgehead atoms. The zero-order valence-electron chi connectivity index (χ0n) is 19.5. The van der Waals surface area contributed by atoms with Gasteiger partial charge in [-0.2, -0.15) is 0 Å². The second-order valence-electron chi connectivity index (χ2n) is 8.48. The molecule has 1 aromatic heterocycles. The number of amides is 1. The van der Waals surface area contributed by atoms with Crippen molar-refractivity contribution in [1.82, 2.24) is 9.80 Å². The highest BCUT2D eigenvalue weighted by Gasteiger charge is 2.23. The molecule has 1 amide bonds. The molecular formula is C28H26N2O5. The highest BCUT2D eigenvalue weighted by molar-refractivity contribution is 5.83. The number of benzene rings is 3. The number of carbonyl (C=O) groups is 1. The maximum absolute atomic E-state index is 13.0. The predicted octanol–water partition coefficient (Wildman–Crippen LogP) is 4.79. The normalized spacial score (nSPS) is 14.1. The summed E-state index contributed by atoms with van der Waals surface area (Å²) in [6.07, 6.45) is 1.03. The standard InChI is InChI=1S/C28H26N2O5/c1-33-22-9-7-21(8-10-22)25-19-34-26-17-23(11-12-24(26)27(25)31)35-28(32)30-15-13-29(14-16-30)18-20-5-3-2-4-6-20/h2-12,17,19H,13-16,18H2,1H3. The summed E-state index contributed by atoms with van der Waals surface area (Å²) in [6.45, 7) is 3.63. The molecule has 0 spiro atoms. The molecule has 2 heterocycles. The van der Waals surface area contributed by atoms with E-state index >= 15 is 0 Å². The number of rotatable bonds is 5. The number of methoxy groups -OCH3 is 1. The minimum Gasteiger partial charge on any atom is -0.497 e. The lowest BCUT2D eigenvalue weighted by atomic mass is 10.1. The van der Waals surface area contributed by atoms with Crippen molar-refractivity contribution in [3.63, 3.8) is 0 Å². The molecule has 7 nitrogen and oxygen atoms in total. The van der Waals surface area contributed by atoms with E-state index in [9.17, 15) is 9.59 Å². The first kappa shape index (κ1) is 22.7. The van der Waals surface area contributed by atoms with Gasteiger partial charge in [-0.05, 0) is 35.4 Å². The minimum atomic E-state index is -0.402. The second kappa shape index (κ2) is 10.0. The zero-order chi connectivity index (χ0) is 24.2. The second-order valence-corrected chi connectivity index (χ2v) is 8.48. The third-order valence-electron chi connectivity index (χ3n) is 6.23. The summed E-state index contributed by atoms with van der Waals surface area (Å²) >= 11 is 0. The third-order valence-corrected chi connectivity index (χ3v) is 6.23. The zero-order valence-corrected chi connectivity index (χ0v) is 19.5. The SMILES string of the molecule is COc1ccc(-c2coc3cc(OC(=O)N4CCN(Cc5ccccc5)CC4)ccc3c2=O)cc1. The molecule has 1 aliphatic heterocycles. The van der Waals surface area contributed by atoms with Gasteiger partial charge in [0.1, 0.15) is 23.3 Å². The van der Waals surface area contributed by atoms with Crippen LogP contribution in [0.1, 0.15) is 5.56 Å². The van der Waals surface area contributed by atoms with Gasteiger partial charge < -0.3 is 18.8 Å². The summed E-state index contributed by atoms with van der Waals surface area (Å²) < 4.78 is 16.5. The highest BCUT2D eigenvalue weighted by atomic mass is 16.6. The first-order valence-corrected chi connectivity index (χ1v) is 11.5. The van der Waals surface area contributed by atoms with Crippen LogP contribution in [0.2, 0.25) is 0 Å². The molecule has 1 aliphatic rings. The molecule has 178 valence electrons. The van der Waals surface area contributed by atoms with Crippen molar-refractivity contribution in [3.05, 3.63) is 94.8 Å². The fraction of sp³-hybridized carbons (Fsp3) is 0.214. The molecule has 1 saturated heterocycles. The van der Waals surface area contributed by atoms with E-state index < -0.39 is 6.09 Å². The maximum Gasteiger partial charge on any atom is 0.415 e. The average Bonchev–Trinajstić information content (AvgIpc) is 2.90. The Morgan fingerprint density at radius 1 is 0.914 bits per heavy atom. The van der Waals surface area contributed by atoms with Gasteiger partial charge in [0.15, 0.2) is 5.43 Å². The molecule has 0 radical (unpaired) electrons. The Labute approximate surface area is 203 Å². The molecule has 7 heteroatoms. The first-order valence-electron chi connectivity index (χ1n) is 11.5. The van der Waals surface area contributed by atoms with E-state index in [1.165, 1.54) is 11.8 Å². The summed E-state index contributed by atoms with van der Waals surface area (Å²) in [6, 6.07) is 22.4. The number of fused-ring (bicyclic) bond motifs is 1. The smallest absolute Gasteiger partial charge is 0.415 e. The van der Waals surface area contributed by atoms with Crippen molar-refractivity contribution >= 4 is 17.1 Å². The molecule has 0 unspecified atom stereocenters. The summed E-state index contributed by atoms with van der Waals surface area (Å²) in [5, 5.41) is 0.424. The van der Waals surface area contributed by atoms with Crippen LogP contribution in [0.3, 0.4) is 0 Å². The number of carbonyl (C=O) groups excluding carboxylic acids is 1. The lowest BCUT2D eigenvalue weighted by Crippen LogP contribution is -2.49. The van der Waals surface area contributed by atoms with Gasteiger partial charge in [-0.15, -0.1) is 0 Å². The number of nitrogens with zero attached hydrogens (tertiary/aromatic N) is 2. The van der Waals surface area contributed by atoms with E-state index in [4.69, 9.17) is 13.9 Å². The highest BCUT2D eigenvalue weighted by Crippen LogP contribution is 2.25. The van der Waals surface area contributed by atoms with Crippen LogP contribution in [0, 0.1) is 0 Å². The summed E-state index contributed by atoms with van der Waals surface area (Å²) in [5.74, 6) is 1.05. The van der Waals surface area contributed by atoms with Crippen LogP contribution >= 0.6 is 0 Å². The van der Waals surface area contributed by atoms with Crippen molar-refractivity contribution in [1.29, 1.82) is 0 Å². The monoisotopic (exact) mass is 470 g/mol. The van der Waals surface area contributed by atoms with Gasteiger partial charge in [-0.1, -0.05) is 42.5 Å². The molecule has 0 N–H and O–H groups in total. The van der Waals surface area contributed by atoms with Crippen LogP contribution in [0.15, 0.2) is 88.3 Å². The average molecular weight is 471 g/mol. The maximum atomic E-state index is 13.0. The molecule has 3 aromatic carbocycles. The first-order chi connectivity index (χ1) is 17.1. The predicted molar refractivity (Wildman–Crippen MR) is 134 cm³/mol. The van der Waals surface area contributed by atoms with Crippen LogP contribution < -0.4 is 14.9 Å². The summed E-state index contributed by atoms with van der Waals surface area (Å²) in [7, 11) is 1.59. The van der Waals surface area contributed by atoms with E-state index in [2.05, 4.69) is 17.0 Å². The van der Waals surface area contributed by atoms with Crippen molar-refractivity contribution in [2.45, 2.75) is 6.54 Å². The van der Waals surface area contributed by atoms with E-state index in [1.54, 1.807) is 42.3 Å². The van der Waals surface area contributed by atoms with Crippen LogP contribution in [0.5, 0.6) is 11.5 Å². The molecule has 0 aliphatic carbocycles. The molecular weight excluding hydrogens is 444 g/mol. The van der Waals surface area contributed by atoms with Crippen LogP contribution in [-0.4, -0.2) is 49.2 Å². The Morgan fingerprint density at radius 2 is 1.63 bits per heavy atom. The van der Waals surface area contributed by atoms with Gasteiger partial charge in [0.25, 0.3) is 0 Å². The van der Waals surface area contributed by atoms with E-state index in [0.717, 1.165) is 25.2 Å². The van der Waals surface area contributed by atoms with Gasteiger partial charge in [-0.25, -0.2) is 4.79 Å². The molecule has 0 atom stereocenters. The van der Waals surface area contributed by atoms with E-state index in [-0.39, 0.29) is 5.43 Å². The number of piperazine rings is 1. The molecule has 4 aromatic rings. The lowest BCUT2D eigenvalue weighted by Gasteiger charge is -2.34.